The van der Waals surface area contributed by atoms with Gasteiger partial charge in [0.25, 0.3) is 5.91 Å². The predicted octanol–water partition coefficient (Wildman–Crippen LogP) is 1.49. The van der Waals surface area contributed by atoms with Crippen LogP contribution in [-0.2, 0) is 20.5 Å². The van der Waals surface area contributed by atoms with Crippen molar-refractivity contribution >= 4 is 11.9 Å². The number of aryl methyl sites for hydroxylation is 2. The lowest BCUT2D eigenvalue weighted by molar-refractivity contribution is 0.0690. The number of aromatic nitrogens is 4. The monoisotopic (exact) mass is 353 g/mol. The molecule has 0 saturated carbocycles. The lowest BCUT2D eigenvalue weighted by atomic mass is 10.2. The van der Waals surface area contributed by atoms with Crippen molar-refractivity contribution in [3.05, 3.63) is 59.8 Å². The number of nitrogens with zero attached hydrogens (tertiary/aromatic N) is 4. The summed E-state index contributed by atoms with van der Waals surface area (Å²) in [4.78, 5) is 28.1. The molecule has 8 nitrogen and oxygen atoms in total. The van der Waals surface area contributed by atoms with Crippen LogP contribution in [0.3, 0.4) is 0 Å². The van der Waals surface area contributed by atoms with Gasteiger partial charge in [0.05, 0.1) is 11.9 Å². The summed E-state index contributed by atoms with van der Waals surface area (Å²) in [5.74, 6) is -0.827. The Hall–Kier alpha value is -3.42. The van der Waals surface area contributed by atoms with E-state index in [1.54, 1.807) is 0 Å². The number of amides is 1. The summed E-state index contributed by atoms with van der Waals surface area (Å²) >= 11 is 0. The Kier molecular flexibility index (Phi) is 4.83. The number of nitrogens with one attached hydrogen (secondary N) is 1. The molecule has 0 saturated heterocycles. The maximum atomic E-state index is 12.3. The first-order valence-corrected chi connectivity index (χ1v) is 8.08. The summed E-state index contributed by atoms with van der Waals surface area (Å²) in [6.45, 7) is 0.335. The minimum Gasteiger partial charge on any atom is -0.478 e. The van der Waals surface area contributed by atoms with E-state index in [1.807, 2.05) is 48.1 Å². The molecule has 134 valence electrons. The Bertz CT molecular complexity index is 943. The van der Waals surface area contributed by atoms with Gasteiger partial charge in [-0.3, -0.25) is 9.48 Å². The number of carboxylic acid groups (broad SMARTS) is 1. The summed E-state index contributed by atoms with van der Waals surface area (Å²) in [7, 11) is 3.44. The van der Waals surface area contributed by atoms with Crippen LogP contribution in [0.5, 0.6) is 0 Å². The molecule has 2 aromatic heterocycles. The van der Waals surface area contributed by atoms with Crippen LogP contribution in [0, 0.1) is 0 Å². The molecule has 2 N–H and O–H groups in total. The minimum absolute atomic E-state index is 0.0299. The number of hydrogen-bond acceptors (Lipinski definition) is 4. The molecule has 0 aliphatic rings. The third kappa shape index (κ3) is 3.49. The van der Waals surface area contributed by atoms with Crippen molar-refractivity contribution in [3.8, 4) is 11.3 Å². The maximum Gasteiger partial charge on any atom is 0.339 e. The topological polar surface area (TPSA) is 102 Å². The lowest BCUT2D eigenvalue weighted by Crippen LogP contribution is -2.29. The fourth-order valence-corrected chi connectivity index (χ4v) is 2.72. The van der Waals surface area contributed by atoms with E-state index in [9.17, 15) is 9.59 Å². The van der Waals surface area contributed by atoms with Gasteiger partial charge in [0.2, 0.25) is 0 Å². The Morgan fingerprint density at radius 1 is 1.19 bits per heavy atom. The van der Waals surface area contributed by atoms with E-state index in [-0.39, 0.29) is 11.3 Å². The number of rotatable bonds is 6. The Labute approximate surface area is 150 Å². The standard InChI is InChI=1S/C18H19N5O3/c1-22-11-14(12-6-4-3-5-7-12)21-15(22)8-9-19-17(24)16-13(18(25)26)10-20-23(16)2/h3-7,10-11H,8-9H2,1-2H3,(H,19,24)(H,25,26). The summed E-state index contributed by atoms with van der Waals surface area (Å²) in [6.07, 6.45) is 3.63. The van der Waals surface area contributed by atoms with Crippen LogP contribution in [0.25, 0.3) is 11.3 Å². The number of imidazole rings is 1. The molecule has 2 heterocycles. The molecule has 0 atom stereocenters. The number of carbonyl (C=O) groups is 2. The van der Waals surface area contributed by atoms with E-state index < -0.39 is 11.9 Å². The zero-order chi connectivity index (χ0) is 18.7. The molecule has 0 unspecified atom stereocenters. The molecule has 0 aliphatic carbocycles. The normalized spacial score (nSPS) is 10.7. The molecule has 0 bridgehead atoms. The average molecular weight is 353 g/mol. The molecular weight excluding hydrogens is 334 g/mol. The van der Waals surface area contributed by atoms with Gasteiger partial charge in [0.1, 0.15) is 17.1 Å². The van der Waals surface area contributed by atoms with Crippen molar-refractivity contribution in [2.45, 2.75) is 6.42 Å². The first kappa shape index (κ1) is 17.4. The van der Waals surface area contributed by atoms with Crippen LogP contribution in [0.15, 0.2) is 42.7 Å². The van der Waals surface area contributed by atoms with Gasteiger partial charge in [-0.2, -0.15) is 5.10 Å². The molecule has 0 radical (unpaired) electrons. The summed E-state index contributed by atoms with van der Waals surface area (Å²) in [6, 6.07) is 9.84. The minimum atomic E-state index is -1.18. The number of carbonyl (C=O) groups excluding carboxylic acids is 1. The highest BCUT2D eigenvalue weighted by atomic mass is 16.4. The van der Waals surface area contributed by atoms with Crippen LogP contribution in [0.4, 0.5) is 0 Å². The van der Waals surface area contributed by atoms with Gasteiger partial charge < -0.3 is 15.0 Å². The van der Waals surface area contributed by atoms with E-state index in [1.165, 1.54) is 17.9 Å². The molecular formula is C18H19N5O3. The SMILES string of the molecule is Cn1cc(-c2ccccc2)nc1CCNC(=O)c1c(C(=O)O)cnn1C. The predicted molar refractivity (Wildman–Crippen MR) is 94.8 cm³/mol. The van der Waals surface area contributed by atoms with Crippen molar-refractivity contribution in [1.29, 1.82) is 0 Å². The van der Waals surface area contributed by atoms with Crippen LogP contribution in [0.2, 0.25) is 0 Å². The number of aromatic carboxylic acids is 1. The van der Waals surface area contributed by atoms with Crippen LogP contribution in [0.1, 0.15) is 26.7 Å². The number of hydrogen-bond donors (Lipinski definition) is 2. The number of carboxylic acids is 1. The highest BCUT2D eigenvalue weighted by Gasteiger charge is 2.21. The third-order valence-electron chi connectivity index (χ3n) is 4.06. The first-order chi connectivity index (χ1) is 12.5. The van der Waals surface area contributed by atoms with E-state index in [2.05, 4.69) is 15.4 Å². The van der Waals surface area contributed by atoms with E-state index in [0.717, 1.165) is 17.1 Å². The summed E-state index contributed by atoms with van der Waals surface area (Å²) in [5.41, 5.74) is 1.81. The molecule has 8 heteroatoms. The molecule has 0 fully saturated rings. The Balaban J connectivity index is 1.66. The molecule has 3 aromatic rings. The first-order valence-electron chi connectivity index (χ1n) is 8.08. The molecule has 0 aliphatic heterocycles. The van der Waals surface area contributed by atoms with Crippen molar-refractivity contribution in [3.63, 3.8) is 0 Å². The fraction of sp³-hybridized carbons (Fsp3) is 0.222. The fourth-order valence-electron chi connectivity index (χ4n) is 2.72. The Morgan fingerprint density at radius 2 is 1.92 bits per heavy atom. The van der Waals surface area contributed by atoms with E-state index in [4.69, 9.17) is 5.11 Å². The second-order valence-corrected chi connectivity index (χ2v) is 5.86. The summed E-state index contributed by atoms with van der Waals surface area (Å²) in [5, 5.41) is 15.7. The van der Waals surface area contributed by atoms with Gasteiger partial charge in [-0.05, 0) is 0 Å². The highest BCUT2D eigenvalue weighted by molar-refractivity contribution is 6.03. The van der Waals surface area contributed by atoms with Gasteiger partial charge in [-0.1, -0.05) is 30.3 Å². The number of benzene rings is 1. The molecule has 26 heavy (non-hydrogen) atoms. The van der Waals surface area contributed by atoms with Gasteiger partial charge in [0.15, 0.2) is 0 Å². The average Bonchev–Trinajstić information content (AvgIpc) is 3.19. The van der Waals surface area contributed by atoms with Gasteiger partial charge in [-0.15, -0.1) is 0 Å². The maximum absolute atomic E-state index is 12.3. The van der Waals surface area contributed by atoms with E-state index in [0.29, 0.717) is 13.0 Å². The van der Waals surface area contributed by atoms with Gasteiger partial charge in [-0.25, -0.2) is 9.78 Å². The van der Waals surface area contributed by atoms with Crippen LogP contribution < -0.4 is 5.32 Å². The highest BCUT2D eigenvalue weighted by Crippen LogP contribution is 2.17. The van der Waals surface area contributed by atoms with E-state index >= 15 is 0 Å². The lowest BCUT2D eigenvalue weighted by Gasteiger charge is -2.06. The molecule has 3 rings (SSSR count). The van der Waals surface area contributed by atoms with Crippen molar-refractivity contribution < 1.29 is 14.7 Å². The second-order valence-electron chi connectivity index (χ2n) is 5.86. The van der Waals surface area contributed by atoms with Crippen LogP contribution in [-0.4, -0.2) is 42.9 Å². The third-order valence-corrected chi connectivity index (χ3v) is 4.06. The van der Waals surface area contributed by atoms with Crippen LogP contribution >= 0.6 is 0 Å². The van der Waals surface area contributed by atoms with Gasteiger partial charge >= 0.3 is 5.97 Å². The molecule has 1 amide bonds. The Morgan fingerprint density at radius 3 is 2.62 bits per heavy atom. The molecule has 1 aromatic carbocycles. The zero-order valence-corrected chi connectivity index (χ0v) is 14.5. The van der Waals surface area contributed by atoms with Crippen molar-refractivity contribution in [1.82, 2.24) is 24.6 Å². The summed E-state index contributed by atoms with van der Waals surface area (Å²) < 4.78 is 3.17. The van der Waals surface area contributed by atoms with Gasteiger partial charge in [0, 0.05) is 38.8 Å². The van der Waals surface area contributed by atoms with Crippen molar-refractivity contribution in [2.24, 2.45) is 14.1 Å². The smallest absolute Gasteiger partial charge is 0.339 e. The molecule has 0 spiro atoms. The largest absolute Gasteiger partial charge is 0.478 e. The quantitative estimate of drug-likeness (QED) is 0.699. The van der Waals surface area contributed by atoms with Crippen molar-refractivity contribution in [2.75, 3.05) is 6.54 Å². The second kappa shape index (κ2) is 7.22. The zero-order valence-electron chi connectivity index (χ0n) is 14.5.